The minimum atomic E-state index is -4.58. The van der Waals surface area contributed by atoms with E-state index in [1.165, 1.54) is 32.1 Å². The molecule has 0 heterocycles. The van der Waals surface area contributed by atoms with Crippen molar-refractivity contribution in [3.63, 3.8) is 0 Å². The van der Waals surface area contributed by atoms with Crippen molar-refractivity contribution in [2.45, 2.75) is 129 Å². The zero-order valence-electron chi connectivity index (χ0n) is 22.9. The van der Waals surface area contributed by atoms with Crippen LogP contribution in [0, 0.1) is 0 Å². The Bertz CT molecular complexity index is 616. The molecule has 0 amide bonds. The predicted molar refractivity (Wildman–Crippen MR) is 141 cm³/mol. The van der Waals surface area contributed by atoms with Gasteiger partial charge in [0.25, 0.3) is 0 Å². The van der Waals surface area contributed by atoms with Gasteiger partial charge in [-0.05, 0) is 12.8 Å². The lowest BCUT2D eigenvalue weighted by atomic mass is 10.1. The smallest absolute Gasteiger partial charge is 0.462 e. The minimum Gasteiger partial charge on any atom is -0.462 e. The molecule has 0 saturated heterocycles. The fraction of sp³-hybridized carbons (Fsp3) is 0.923. The fourth-order valence-corrected chi connectivity index (χ4v) is 4.31. The monoisotopic (exact) mass is 554 g/mol. The van der Waals surface area contributed by atoms with E-state index in [0.29, 0.717) is 12.8 Å². The molecule has 1 unspecified atom stereocenters. The van der Waals surface area contributed by atoms with Crippen LogP contribution in [0.1, 0.15) is 117 Å². The summed E-state index contributed by atoms with van der Waals surface area (Å²) in [5, 5.41) is 18.1. The Morgan fingerprint density at radius 1 is 0.703 bits per heavy atom. The van der Waals surface area contributed by atoms with Crippen LogP contribution in [-0.2, 0) is 32.7 Å². The first-order valence-electron chi connectivity index (χ1n) is 14.0. The molecule has 3 N–H and O–H groups in total. The number of carbonyl (C=O) groups excluding carboxylic acids is 2. The Balaban J connectivity index is 4.51. The number of phosphoric ester groups is 1. The molecule has 0 fully saturated rings. The van der Waals surface area contributed by atoms with E-state index < -0.39 is 51.8 Å². The number of phosphoric acid groups is 1. The van der Waals surface area contributed by atoms with Crippen LogP contribution >= 0.6 is 7.82 Å². The zero-order valence-corrected chi connectivity index (χ0v) is 23.8. The maximum Gasteiger partial charge on any atom is 0.472 e. The summed E-state index contributed by atoms with van der Waals surface area (Å²) in [4.78, 5) is 34.1. The summed E-state index contributed by atoms with van der Waals surface area (Å²) in [6.45, 7) is 2.20. The summed E-state index contributed by atoms with van der Waals surface area (Å²) >= 11 is 0. The fourth-order valence-electron chi connectivity index (χ4n) is 3.52. The highest BCUT2D eigenvalue weighted by Gasteiger charge is 2.27. The van der Waals surface area contributed by atoms with Crippen LogP contribution in [0.25, 0.3) is 0 Å². The van der Waals surface area contributed by atoms with Crippen LogP contribution < -0.4 is 0 Å². The number of aliphatic hydroxyl groups excluding tert-OH is 2. The second-order valence-electron chi connectivity index (χ2n) is 9.43. The molecule has 0 aliphatic heterocycles. The molecule has 0 saturated carbocycles. The van der Waals surface area contributed by atoms with Crippen molar-refractivity contribution < 1.29 is 47.8 Å². The number of hydrogen-bond donors (Lipinski definition) is 3. The Morgan fingerprint density at radius 3 is 1.68 bits per heavy atom. The number of unbranched alkanes of at least 4 members (excludes halogenated alkanes) is 12. The van der Waals surface area contributed by atoms with Crippen molar-refractivity contribution >= 4 is 19.8 Å². The standard InChI is InChI=1S/C26H51O10P/c1-3-5-7-9-10-11-12-14-16-18-26(30)36-24(21-33-25(29)17-15-13-8-6-4-2)22-35-37(31,32)34-20-23(28)19-27/h23-24,27-28H,3-22H2,1-2H3,(H,31,32)/t23-,24+/m1/s1. The molecule has 0 rings (SSSR count). The maximum absolute atomic E-state index is 12.3. The first kappa shape index (κ1) is 36.0. The van der Waals surface area contributed by atoms with Gasteiger partial charge in [0, 0.05) is 12.8 Å². The average Bonchev–Trinajstić information content (AvgIpc) is 2.87. The van der Waals surface area contributed by atoms with Gasteiger partial charge in [0.1, 0.15) is 12.7 Å². The molecular formula is C26H51O10P. The van der Waals surface area contributed by atoms with Gasteiger partial charge in [-0.1, -0.05) is 90.9 Å². The van der Waals surface area contributed by atoms with Crippen LogP contribution in [0.5, 0.6) is 0 Å². The van der Waals surface area contributed by atoms with Crippen molar-refractivity contribution in [3.05, 3.63) is 0 Å². The van der Waals surface area contributed by atoms with Gasteiger partial charge >= 0.3 is 19.8 Å². The molecule has 0 aliphatic rings. The van der Waals surface area contributed by atoms with E-state index >= 15 is 0 Å². The number of aliphatic hydroxyl groups is 2. The van der Waals surface area contributed by atoms with E-state index in [1.54, 1.807) is 0 Å². The Kier molecular flexibility index (Phi) is 23.4. The first-order chi connectivity index (χ1) is 17.7. The third-order valence-corrected chi connectivity index (χ3v) is 6.71. The third kappa shape index (κ3) is 23.8. The molecule has 0 aromatic rings. The number of esters is 2. The summed E-state index contributed by atoms with van der Waals surface area (Å²) in [6, 6.07) is 0. The lowest BCUT2D eigenvalue weighted by molar-refractivity contribution is -0.161. The second-order valence-corrected chi connectivity index (χ2v) is 10.9. The van der Waals surface area contributed by atoms with Gasteiger partial charge in [-0.3, -0.25) is 18.6 Å². The molecule has 0 aromatic carbocycles. The van der Waals surface area contributed by atoms with Gasteiger partial charge in [0.05, 0.1) is 19.8 Å². The lowest BCUT2D eigenvalue weighted by Gasteiger charge is -2.20. The molecule has 11 heteroatoms. The summed E-state index contributed by atoms with van der Waals surface area (Å²) < 4.78 is 32.1. The van der Waals surface area contributed by atoms with Crippen LogP contribution in [0.15, 0.2) is 0 Å². The predicted octanol–water partition coefficient (Wildman–Crippen LogP) is 5.21. The molecular weight excluding hydrogens is 503 g/mol. The Labute approximate surface area is 223 Å². The van der Waals surface area contributed by atoms with Crippen molar-refractivity contribution in [1.29, 1.82) is 0 Å². The molecule has 0 bridgehead atoms. The maximum atomic E-state index is 12.3. The van der Waals surface area contributed by atoms with E-state index in [0.717, 1.165) is 44.9 Å². The van der Waals surface area contributed by atoms with Crippen LogP contribution in [-0.4, -0.2) is 65.7 Å². The summed E-state index contributed by atoms with van der Waals surface area (Å²) in [6.07, 6.45) is 12.9. The van der Waals surface area contributed by atoms with E-state index in [4.69, 9.17) is 19.1 Å². The summed E-state index contributed by atoms with van der Waals surface area (Å²) in [7, 11) is -4.58. The number of carbonyl (C=O) groups is 2. The summed E-state index contributed by atoms with van der Waals surface area (Å²) in [5.74, 6) is -0.942. The van der Waals surface area contributed by atoms with Crippen LogP contribution in [0.2, 0.25) is 0 Å². The molecule has 0 aliphatic carbocycles. The van der Waals surface area contributed by atoms with Crippen molar-refractivity contribution in [2.24, 2.45) is 0 Å². The van der Waals surface area contributed by atoms with Crippen LogP contribution in [0.3, 0.4) is 0 Å². The van der Waals surface area contributed by atoms with Crippen LogP contribution in [0.4, 0.5) is 0 Å². The number of hydrogen-bond acceptors (Lipinski definition) is 9. The van der Waals surface area contributed by atoms with E-state index in [1.807, 2.05) is 0 Å². The van der Waals surface area contributed by atoms with E-state index in [2.05, 4.69) is 18.4 Å². The highest BCUT2D eigenvalue weighted by molar-refractivity contribution is 7.47. The highest BCUT2D eigenvalue weighted by atomic mass is 31.2. The van der Waals surface area contributed by atoms with Gasteiger partial charge in [-0.25, -0.2) is 4.57 Å². The SMILES string of the molecule is CCCCCCCCCCCC(=O)O[C@@H](COC(=O)CCCCCCC)COP(=O)(O)OC[C@H](O)CO. The topological polar surface area (TPSA) is 149 Å². The molecule has 0 spiro atoms. The summed E-state index contributed by atoms with van der Waals surface area (Å²) in [5.41, 5.74) is 0. The highest BCUT2D eigenvalue weighted by Crippen LogP contribution is 2.43. The van der Waals surface area contributed by atoms with Crippen molar-refractivity contribution in [3.8, 4) is 0 Å². The second kappa shape index (κ2) is 24.0. The van der Waals surface area contributed by atoms with Gasteiger partial charge < -0.3 is 24.6 Å². The van der Waals surface area contributed by atoms with Crippen molar-refractivity contribution in [1.82, 2.24) is 0 Å². The molecule has 220 valence electrons. The molecule has 10 nitrogen and oxygen atoms in total. The average molecular weight is 555 g/mol. The third-order valence-electron chi connectivity index (χ3n) is 5.76. The number of rotatable bonds is 26. The van der Waals surface area contributed by atoms with Gasteiger partial charge in [-0.15, -0.1) is 0 Å². The largest absolute Gasteiger partial charge is 0.472 e. The lowest BCUT2D eigenvalue weighted by Crippen LogP contribution is -2.29. The Morgan fingerprint density at radius 2 is 1.16 bits per heavy atom. The first-order valence-corrected chi connectivity index (χ1v) is 15.5. The van der Waals surface area contributed by atoms with E-state index in [9.17, 15) is 24.2 Å². The molecule has 0 aromatic heterocycles. The normalized spacial score (nSPS) is 14.6. The number of ether oxygens (including phenoxy) is 2. The minimum absolute atomic E-state index is 0.188. The quantitative estimate of drug-likeness (QED) is 0.0739. The zero-order chi connectivity index (χ0) is 27.8. The molecule has 0 radical (unpaired) electrons. The van der Waals surface area contributed by atoms with E-state index in [-0.39, 0.29) is 19.4 Å². The van der Waals surface area contributed by atoms with Crippen molar-refractivity contribution in [2.75, 3.05) is 26.4 Å². The van der Waals surface area contributed by atoms with Gasteiger partial charge in [0.15, 0.2) is 6.10 Å². The van der Waals surface area contributed by atoms with Gasteiger partial charge in [-0.2, -0.15) is 0 Å². The van der Waals surface area contributed by atoms with Gasteiger partial charge in [0.2, 0.25) is 0 Å². The molecule has 3 atom stereocenters. The molecule has 37 heavy (non-hydrogen) atoms. The Hall–Kier alpha value is -1.03.